The van der Waals surface area contributed by atoms with E-state index in [0.29, 0.717) is 11.6 Å². The van der Waals surface area contributed by atoms with Gasteiger partial charge in [0.25, 0.3) is 5.91 Å². The highest BCUT2D eigenvalue weighted by Crippen LogP contribution is 2.01. The average molecular weight is 257 g/mol. The van der Waals surface area contributed by atoms with Crippen LogP contribution in [0.4, 0.5) is 0 Å². The minimum Gasteiger partial charge on any atom is -0.403 e. The Morgan fingerprint density at radius 3 is 2.82 bits per heavy atom. The zero-order valence-corrected chi connectivity index (χ0v) is 11.0. The minimum atomic E-state index is -0.218. The maximum atomic E-state index is 11.7. The van der Waals surface area contributed by atoms with Crippen LogP contribution in [0.15, 0.2) is 22.4 Å². The van der Waals surface area contributed by atoms with Gasteiger partial charge in [-0.25, -0.2) is 4.99 Å². The monoisotopic (exact) mass is 257 g/mol. The van der Waals surface area contributed by atoms with Crippen LogP contribution in [0.3, 0.4) is 0 Å². The normalized spacial score (nSPS) is 12.5. The lowest BCUT2D eigenvalue weighted by molar-refractivity contribution is -0.114. The average Bonchev–Trinajstić information content (AvgIpc) is 2.34. The molecule has 0 aromatic rings. The van der Waals surface area contributed by atoms with E-state index in [1.165, 1.54) is 12.4 Å². The van der Waals surface area contributed by atoms with Crippen molar-refractivity contribution < 1.29 is 4.79 Å². The van der Waals surface area contributed by atoms with Gasteiger partial charge in [0, 0.05) is 26.0 Å². The lowest BCUT2D eigenvalue weighted by Gasteiger charge is -2.04. The van der Waals surface area contributed by atoms with Gasteiger partial charge in [-0.15, -0.1) is 0 Å². The number of rotatable bonds is 6. The first-order valence-electron chi connectivity index (χ1n) is 5.20. The van der Waals surface area contributed by atoms with Crippen molar-refractivity contribution in [1.29, 1.82) is 0 Å². The summed E-state index contributed by atoms with van der Waals surface area (Å²) < 4.78 is 0. The van der Waals surface area contributed by atoms with Crippen LogP contribution in [-0.2, 0) is 4.79 Å². The van der Waals surface area contributed by atoms with E-state index in [1.54, 1.807) is 12.6 Å². The predicted octanol–water partition coefficient (Wildman–Crippen LogP) is -0.0682. The topological polar surface area (TPSA) is 91.9 Å². The maximum Gasteiger partial charge on any atom is 0.276 e. The van der Waals surface area contributed by atoms with Crippen LogP contribution < -0.4 is 16.4 Å². The van der Waals surface area contributed by atoms with E-state index in [0.717, 1.165) is 24.7 Å². The Morgan fingerprint density at radius 2 is 2.24 bits per heavy atom. The molecule has 0 saturated carbocycles. The van der Waals surface area contributed by atoms with Crippen molar-refractivity contribution in [3.8, 4) is 0 Å². The van der Waals surface area contributed by atoms with E-state index in [1.807, 2.05) is 7.05 Å². The molecule has 17 heavy (non-hydrogen) atoms. The quantitative estimate of drug-likeness (QED) is 0.353. The number of amides is 1. The second kappa shape index (κ2) is 11.2. The van der Waals surface area contributed by atoms with E-state index in [-0.39, 0.29) is 5.91 Å². The predicted molar refractivity (Wildman–Crippen MR) is 74.3 cm³/mol. The molecule has 0 aliphatic carbocycles. The molecule has 1 amide bonds. The lowest BCUT2D eigenvalue weighted by atomic mass is 10.4. The molecule has 4 N–H and O–H groups in total. The van der Waals surface area contributed by atoms with Crippen molar-refractivity contribution in [1.82, 2.24) is 10.6 Å². The van der Waals surface area contributed by atoms with E-state index in [4.69, 9.17) is 5.73 Å². The van der Waals surface area contributed by atoms with Crippen LogP contribution in [0.2, 0.25) is 0 Å². The number of nitrogens with two attached hydrogens (primary N) is 1. The molecule has 7 heteroatoms. The van der Waals surface area contributed by atoms with Gasteiger partial charge in [0.05, 0.1) is 5.55 Å². The Bertz CT molecular complexity index is 301. The Balaban J connectivity index is 4.22. The van der Waals surface area contributed by atoms with Gasteiger partial charge in [0.1, 0.15) is 0 Å². The highest BCUT2D eigenvalue weighted by molar-refractivity contribution is 8.26. The summed E-state index contributed by atoms with van der Waals surface area (Å²) in [7, 11) is 3.50. The van der Waals surface area contributed by atoms with Gasteiger partial charge in [0.15, 0.2) is 5.04 Å². The fourth-order valence-electron chi connectivity index (χ4n) is 0.899. The molecule has 0 unspecified atom stereocenters. The molecule has 0 radical (unpaired) electrons. The van der Waals surface area contributed by atoms with Crippen molar-refractivity contribution in [2.75, 3.05) is 27.2 Å². The second-order valence-corrected chi connectivity index (χ2v) is 3.80. The number of carbonyl (C=O) groups excluding carboxylic acids is 1. The van der Waals surface area contributed by atoms with Crippen molar-refractivity contribution in [2.24, 2.45) is 15.7 Å². The summed E-state index contributed by atoms with van der Waals surface area (Å²) in [6.45, 7) is 1.47. The molecular formula is C10H19N5OS. The first-order valence-corrected chi connectivity index (χ1v) is 6.08. The molecule has 0 aliphatic heterocycles. The van der Waals surface area contributed by atoms with Gasteiger partial charge in [-0.05, 0) is 20.0 Å². The zero-order chi connectivity index (χ0) is 12.9. The second-order valence-electron chi connectivity index (χ2n) is 2.97. The highest BCUT2D eigenvalue weighted by atomic mass is 32.2. The number of nitrogens with zero attached hydrogens (tertiary/aromatic N) is 2. The fourth-order valence-corrected chi connectivity index (χ4v) is 1.40. The first kappa shape index (κ1) is 15.7. The van der Waals surface area contributed by atoms with Crippen molar-refractivity contribution in [2.45, 2.75) is 6.42 Å². The summed E-state index contributed by atoms with van der Waals surface area (Å²) in [6, 6.07) is 0. The summed E-state index contributed by atoms with van der Waals surface area (Å²) in [5.41, 5.74) is 6.73. The third-order valence-electron chi connectivity index (χ3n) is 1.63. The molecule has 0 aromatic heterocycles. The number of hydrogen-bond donors (Lipinski definition) is 3. The largest absolute Gasteiger partial charge is 0.403 e. The minimum absolute atomic E-state index is 0.218. The van der Waals surface area contributed by atoms with Crippen molar-refractivity contribution in [3.05, 3.63) is 12.4 Å². The van der Waals surface area contributed by atoms with Crippen LogP contribution in [0.5, 0.6) is 0 Å². The summed E-state index contributed by atoms with van der Waals surface area (Å²) in [4.78, 5) is 19.4. The SMILES string of the molecule is C/N=C/S/C(=N\C=C\N)C(=O)NCCCNC. The van der Waals surface area contributed by atoms with Crippen molar-refractivity contribution >= 4 is 28.3 Å². The molecule has 0 atom stereocenters. The van der Waals surface area contributed by atoms with Gasteiger partial charge >= 0.3 is 0 Å². The molecule has 0 bridgehead atoms. The Hall–Kier alpha value is -1.34. The highest BCUT2D eigenvalue weighted by Gasteiger charge is 2.09. The molecule has 0 rings (SSSR count). The van der Waals surface area contributed by atoms with E-state index >= 15 is 0 Å². The van der Waals surface area contributed by atoms with Gasteiger partial charge in [0.2, 0.25) is 0 Å². The Labute approximate surface area is 106 Å². The van der Waals surface area contributed by atoms with Gasteiger partial charge in [-0.2, -0.15) is 0 Å². The Kier molecular flexibility index (Phi) is 10.3. The third kappa shape index (κ3) is 8.47. The molecule has 0 heterocycles. The summed E-state index contributed by atoms with van der Waals surface area (Å²) >= 11 is 1.16. The van der Waals surface area contributed by atoms with Crippen LogP contribution >= 0.6 is 11.8 Å². The van der Waals surface area contributed by atoms with Crippen LogP contribution in [0, 0.1) is 0 Å². The molecule has 0 saturated heterocycles. The maximum absolute atomic E-state index is 11.7. The number of hydrogen-bond acceptors (Lipinski definition) is 6. The summed E-state index contributed by atoms with van der Waals surface area (Å²) in [6.07, 6.45) is 3.52. The summed E-state index contributed by atoms with van der Waals surface area (Å²) in [5.74, 6) is -0.218. The number of thioether (sulfide) groups is 1. The van der Waals surface area contributed by atoms with E-state index in [9.17, 15) is 4.79 Å². The van der Waals surface area contributed by atoms with Crippen LogP contribution in [0.25, 0.3) is 0 Å². The zero-order valence-electron chi connectivity index (χ0n) is 10.1. The standard InChI is InChI=1S/C10H19N5OS/c1-12-5-3-6-14-9(16)10(15-7-4-11)17-8-13-2/h4,7-8,12H,3,5-6,11H2,1-2H3,(H,14,16)/b7-4+,13-8+,15-10-. The Morgan fingerprint density at radius 1 is 1.47 bits per heavy atom. The number of aliphatic imine (C=N–C) groups is 2. The smallest absolute Gasteiger partial charge is 0.276 e. The van der Waals surface area contributed by atoms with Crippen LogP contribution in [-0.4, -0.2) is 43.7 Å². The van der Waals surface area contributed by atoms with Gasteiger partial charge in [-0.3, -0.25) is 9.79 Å². The summed E-state index contributed by atoms with van der Waals surface area (Å²) in [5, 5.41) is 6.09. The van der Waals surface area contributed by atoms with Gasteiger partial charge < -0.3 is 16.4 Å². The number of carbonyl (C=O) groups is 1. The van der Waals surface area contributed by atoms with Crippen molar-refractivity contribution in [3.63, 3.8) is 0 Å². The molecule has 6 nitrogen and oxygen atoms in total. The lowest BCUT2D eigenvalue weighted by Crippen LogP contribution is -2.31. The molecule has 0 aliphatic rings. The first-order chi connectivity index (χ1) is 8.26. The van der Waals surface area contributed by atoms with E-state index in [2.05, 4.69) is 20.6 Å². The molecule has 96 valence electrons. The van der Waals surface area contributed by atoms with E-state index < -0.39 is 0 Å². The molecule has 0 spiro atoms. The third-order valence-corrected chi connectivity index (χ3v) is 2.46. The van der Waals surface area contributed by atoms with Crippen LogP contribution in [0.1, 0.15) is 6.42 Å². The molecular weight excluding hydrogens is 238 g/mol. The molecule has 0 aromatic carbocycles. The van der Waals surface area contributed by atoms with Gasteiger partial charge in [-0.1, -0.05) is 11.8 Å². The fraction of sp³-hybridized carbons (Fsp3) is 0.500. The number of nitrogens with one attached hydrogen (secondary N) is 2. The molecule has 0 fully saturated rings.